The fourth-order valence-electron chi connectivity index (χ4n) is 1.15. The third kappa shape index (κ3) is 2.77. The van der Waals surface area contributed by atoms with Crippen molar-refractivity contribution >= 4 is 5.69 Å². The minimum atomic E-state index is 0.0931. The molecular weight excluding hydrogens is 164 g/mol. The number of nitrogens with zero attached hydrogens (tertiary/aromatic N) is 1. The maximum absolute atomic E-state index is 8.68. The number of aliphatic hydroxyl groups is 1. The van der Waals surface area contributed by atoms with Crippen molar-refractivity contribution in [2.24, 2.45) is 0 Å². The molecule has 0 bridgehead atoms. The number of aryl methyl sites for hydroxylation is 1. The Hall–Kier alpha value is -1.53. The van der Waals surface area contributed by atoms with Gasteiger partial charge in [-0.3, -0.25) is 0 Å². The third-order valence-corrected chi connectivity index (χ3v) is 1.65. The highest BCUT2D eigenvalue weighted by Gasteiger charge is 1.96. The van der Waals surface area contributed by atoms with Gasteiger partial charge in [-0.1, -0.05) is 0 Å². The highest BCUT2D eigenvalue weighted by atomic mass is 16.3. The lowest BCUT2D eigenvalue weighted by molar-refractivity contribution is 0.311. The van der Waals surface area contributed by atoms with Gasteiger partial charge in [0.1, 0.15) is 0 Å². The summed E-state index contributed by atoms with van der Waals surface area (Å²) in [5, 5.41) is 20.3. The van der Waals surface area contributed by atoms with Gasteiger partial charge in [-0.05, 0) is 30.7 Å². The van der Waals surface area contributed by atoms with E-state index in [2.05, 4.69) is 11.4 Å². The Morgan fingerprint density at radius 2 is 2.23 bits per heavy atom. The van der Waals surface area contributed by atoms with Crippen LogP contribution in [0.3, 0.4) is 0 Å². The molecule has 0 saturated carbocycles. The average Bonchev–Trinajstić information content (AvgIpc) is 2.14. The van der Waals surface area contributed by atoms with Gasteiger partial charge in [0.15, 0.2) is 0 Å². The molecule has 0 aromatic heterocycles. The van der Waals surface area contributed by atoms with Crippen molar-refractivity contribution in [3.05, 3.63) is 29.3 Å². The van der Waals surface area contributed by atoms with Crippen LogP contribution < -0.4 is 5.32 Å². The van der Waals surface area contributed by atoms with Crippen LogP contribution in [0.15, 0.2) is 18.2 Å². The summed E-state index contributed by atoms with van der Waals surface area (Å²) in [4.78, 5) is 0. The van der Waals surface area contributed by atoms with Crippen LogP contribution in [0.2, 0.25) is 0 Å². The minimum Gasteiger partial charge on any atom is -0.395 e. The summed E-state index contributed by atoms with van der Waals surface area (Å²) >= 11 is 0. The van der Waals surface area contributed by atoms with Crippen LogP contribution in [-0.2, 0) is 0 Å². The van der Waals surface area contributed by atoms with E-state index in [0.29, 0.717) is 12.1 Å². The zero-order valence-corrected chi connectivity index (χ0v) is 7.54. The molecule has 0 fully saturated rings. The summed E-state index contributed by atoms with van der Waals surface area (Å²) < 4.78 is 0. The zero-order chi connectivity index (χ0) is 9.68. The molecule has 13 heavy (non-hydrogen) atoms. The molecule has 0 aliphatic carbocycles. The fraction of sp³-hybridized carbons (Fsp3) is 0.300. The second-order valence-electron chi connectivity index (χ2n) is 2.85. The van der Waals surface area contributed by atoms with E-state index in [1.54, 1.807) is 6.07 Å². The van der Waals surface area contributed by atoms with Gasteiger partial charge in [0.05, 0.1) is 18.2 Å². The molecule has 68 valence electrons. The highest BCUT2D eigenvalue weighted by molar-refractivity contribution is 5.51. The summed E-state index contributed by atoms with van der Waals surface area (Å²) in [7, 11) is 0. The standard InChI is InChI=1S/C10H12N2O/c1-8-4-9(7-11)6-10(5-8)12-2-3-13/h4-6,12-13H,2-3H2,1H3. The third-order valence-electron chi connectivity index (χ3n) is 1.65. The van der Waals surface area contributed by atoms with Crippen molar-refractivity contribution in [2.75, 3.05) is 18.5 Å². The van der Waals surface area contributed by atoms with Crippen LogP contribution in [0.4, 0.5) is 5.69 Å². The van der Waals surface area contributed by atoms with Gasteiger partial charge < -0.3 is 10.4 Å². The molecule has 1 rings (SSSR count). The number of aliphatic hydroxyl groups excluding tert-OH is 1. The quantitative estimate of drug-likeness (QED) is 0.729. The lowest BCUT2D eigenvalue weighted by Gasteiger charge is -2.05. The monoisotopic (exact) mass is 176 g/mol. The molecule has 1 aromatic rings. The Morgan fingerprint density at radius 3 is 2.85 bits per heavy atom. The molecule has 0 aliphatic heterocycles. The number of nitrogens with one attached hydrogen (secondary N) is 1. The predicted molar refractivity (Wildman–Crippen MR) is 51.5 cm³/mol. The van der Waals surface area contributed by atoms with Crippen molar-refractivity contribution in [2.45, 2.75) is 6.92 Å². The normalized spacial score (nSPS) is 9.31. The first-order valence-corrected chi connectivity index (χ1v) is 4.13. The number of nitriles is 1. The molecule has 0 unspecified atom stereocenters. The Balaban J connectivity index is 2.83. The molecule has 3 nitrogen and oxygen atoms in total. The topological polar surface area (TPSA) is 56.0 Å². The van der Waals surface area contributed by atoms with Crippen LogP contribution in [0, 0.1) is 18.3 Å². The van der Waals surface area contributed by atoms with Gasteiger partial charge in [-0.25, -0.2) is 0 Å². The first kappa shape index (κ1) is 9.56. The molecule has 1 aromatic carbocycles. The molecule has 0 saturated heterocycles. The highest BCUT2D eigenvalue weighted by Crippen LogP contribution is 2.13. The lowest BCUT2D eigenvalue weighted by Crippen LogP contribution is -2.05. The van der Waals surface area contributed by atoms with Crippen molar-refractivity contribution in [3.8, 4) is 6.07 Å². The fourth-order valence-corrected chi connectivity index (χ4v) is 1.15. The lowest BCUT2D eigenvalue weighted by atomic mass is 10.1. The Morgan fingerprint density at radius 1 is 1.46 bits per heavy atom. The van der Waals surface area contributed by atoms with Crippen LogP contribution in [-0.4, -0.2) is 18.3 Å². The van der Waals surface area contributed by atoms with Crippen LogP contribution in [0.5, 0.6) is 0 Å². The summed E-state index contributed by atoms with van der Waals surface area (Å²) in [6, 6.07) is 7.61. The SMILES string of the molecule is Cc1cc(C#N)cc(NCCO)c1. The molecular formula is C10H12N2O. The van der Waals surface area contributed by atoms with Gasteiger partial charge in [0, 0.05) is 12.2 Å². The number of anilines is 1. The maximum atomic E-state index is 8.68. The molecule has 3 heteroatoms. The number of benzene rings is 1. The number of hydrogen-bond donors (Lipinski definition) is 2. The van der Waals surface area contributed by atoms with Crippen LogP contribution in [0.25, 0.3) is 0 Å². The molecule has 0 heterocycles. The Bertz CT molecular complexity index is 328. The molecule has 0 amide bonds. The van der Waals surface area contributed by atoms with Crippen molar-refractivity contribution in [3.63, 3.8) is 0 Å². The molecule has 0 aliphatic rings. The van der Waals surface area contributed by atoms with E-state index in [9.17, 15) is 0 Å². The molecule has 2 N–H and O–H groups in total. The summed E-state index contributed by atoms with van der Waals surface area (Å²) in [6.07, 6.45) is 0. The largest absolute Gasteiger partial charge is 0.395 e. The first-order valence-electron chi connectivity index (χ1n) is 4.13. The number of rotatable bonds is 3. The molecule has 0 spiro atoms. The van der Waals surface area contributed by atoms with E-state index in [1.165, 1.54) is 0 Å². The van der Waals surface area contributed by atoms with Crippen molar-refractivity contribution in [1.82, 2.24) is 0 Å². The van der Waals surface area contributed by atoms with Gasteiger partial charge in [-0.2, -0.15) is 5.26 Å². The van der Waals surface area contributed by atoms with Crippen molar-refractivity contribution in [1.29, 1.82) is 5.26 Å². The Labute approximate surface area is 77.6 Å². The van der Waals surface area contributed by atoms with Crippen LogP contribution >= 0.6 is 0 Å². The Kier molecular flexibility index (Phi) is 3.30. The van der Waals surface area contributed by atoms with Gasteiger partial charge >= 0.3 is 0 Å². The second kappa shape index (κ2) is 4.48. The minimum absolute atomic E-state index is 0.0931. The van der Waals surface area contributed by atoms with Gasteiger partial charge in [0.2, 0.25) is 0 Å². The smallest absolute Gasteiger partial charge is 0.0992 e. The van der Waals surface area contributed by atoms with Crippen molar-refractivity contribution < 1.29 is 5.11 Å². The predicted octanol–water partition coefficient (Wildman–Crippen LogP) is 1.27. The molecule has 0 radical (unpaired) electrons. The summed E-state index contributed by atoms with van der Waals surface area (Å²) in [6.45, 7) is 2.54. The van der Waals surface area contributed by atoms with E-state index in [-0.39, 0.29) is 6.61 Å². The zero-order valence-electron chi connectivity index (χ0n) is 7.54. The van der Waals surface area contributed by atoms with E-state index in [1.807, 2.05) is 19.1 Å². The van der Waals surface area contributed by atoms with E-state index >= 15 is 0 Å². The van der Waals surface area contributed by atoms with E-state index < -0.39 is 0 Å². The second-order valence-corrected chi connectivity index (χ2v) is 2.85. The maximum Gasteiger partial charge on any atom is 0.0992 e. The van der Waals surface area contributed by atoms with Gasteiger partial charge in [-0.15, -0.1) is 0 Å². The number of hydrogen-bond acceptors (Lipinski definition) is 3. The van der Waals surface area contributed by atoms with E-state index in [0.717, 1.165) is 11.3 Å². The summed E-state index contributed by atoms with van der Waals surface area (Å²) in [5.74, 6) is 0. The van der Waals surface area contributed by atoms with Gasteiger partial charge in [0.25, 0.3) is 0 Å². The first-order chi connectivity index (χ1) is 6.26. The van der Waals surface area contributed by atoms with Crippen LogP contribution in [0.1, 0.15) is 11.1 Å². The van der Waals surface area contributed by atoms with E-state index in [4.69, 9.17) is 10.4 Å². The summed E-state index contributed by atoms with van der Waals surface area (Å²) in [5.41, 5.74) is 2.56. The average molecular weight is 176 g/mol. The molecule has 0 atom stereocenters.